The highest BCUT2D eigenvalue weighted by Crippen LogP contribution is 2.33. The first-order chi connectivity index (χ1) is 13.6. The van der Waals surface area contributed by atoms with Crippen molar-refractivity contribution in [3.05, 3.63) is 65.7 Å². The summed E-state index contributed by atoms with van der Waals surface area (Å²) in [5.41, 5.74) is 1.71. The molecular weight excluding hydrogens is 357 g/mol. The molecule has 2 fully saturated rings. The summed E-state index contributed by atoms with van der Waals surface area (Å²) < 4.78 is 19.7. The lowest BCUT2D eigenvalue weighted by atomic mass is 9.87. The first-order valence-corrected chi connectivity index (χ1v) is 9.89. The summed E-state index contributed by atoms with van der Waals surface area (Å²) in [5, 5.41) is 0. The van der Waals surface area contributed by atoms with Crippen molar-refractivity contribution in [3.8, 4) is 0 Å². The number of benzene rings is 1. The standard InChI is InChI=1S/C22H26FN3O2/c23-20-3-1-2-19(14-20)17-26-12-13-28-22(15-21(26)27)6-10-25(11-7-22)16-18-4-8-24-9-5-18/h1-5,8-9,14H,6-7,10-13,15-17H2. The Labute approximate surface area is 165 Å². The summed E-state index contributed by atoms with van der Waals surface area (Å²) in [4.78, 5) is 21.2. The van der Waals surface area contributed by atoms with E-state index in [1.54, 1.807) is 11.0 Å². The van der Waals surface area contributed by atoms with E-state index in [9.17, 15) is 9.18 Å². The fraction of sp³-hybridized carbons (Fsp3) is 0.455. The summed E-state index contributed by atoms with van der Waals surface area (Å²) >= 11 is 0. The second-order valence-electron chi connectivity index (χ2n) is 7.79. The molecule has 28 heavy (non-hydrogen) atoms. The number of rotatable bonds is 4. The number of pyridine rings is 1. The van der Waals surface area contributed by atoms with Crippen LogP contribution in [0.15, 0.2) is 48.8 Å². The van der Waals surface area contributed by atoms with Gasteiger partial charge >= 0.3 is 0 Å². The zero-order valence-electron chi connectivity index (χ0n) is 16.0. The molecule has 148 valence electrons. The van der Waals surface area contributed by atoms with Crippen LogP contribution in [-0.4, -0.2) is 52.5 Å². The van der Waals surface area contributed by atoms with E-state index in [1.807, 2.05) is 30.6 Å². The molecule has 0 saturated carbocycles. The van der Waals surface area contributed by atoms with Crippen molar-refractivity contribution >= 4 is 5.91 Å². The number of likely N-dealkylation sites (tertiary alicyclic amines) is 1. The summed E-state index contributed by atoms with van der Waals surface area (Å²) in [6, 6.07) is 10.5. The number of hydrogen-bond acceptors (Lipinski definition) is 4. The number of carbonyl (C=O) groups is 1. The Morgan fingerprint density at radius 2 is 1.82 bits per heavy atom. The maximum Gasteiger partial charge on any atom is 0.225 e. The van der Waals surface area contributed by atoms with Crippen molar-refractivity contribution in [2.75, 3.05) is 26.2 Å². The molecule has 0 N–H and O–H groups in total. The monoisotopic (exact) mass is 383 g/mol. The first-order valence-electron chi connectivity index (χ1n) is 9.89. The molecule has 5 nitrogen and oxygen atoms in total. The molecule has 2 saturated heterocycles. The average Bonchev–Trinajstić information content (AvgIpc) is 2.84. The third kappa shape index (κ3) is 4.56. The molecule has 6 heteroatoms. The zero-order chi connectivity index (χ0) is 19.4. The van der Waals surface area contributed by atoms with Gasteiger partial charge in [-0.2, -0.15) is 0 Å². The lowest BCUT2D eigenvalue weighted by Crippen LogP contribution is -2.47. The largest absolute Gasteiger partial charge is 0.373 e. The quantitative estimate of drug-likeness (QED) is 0.814. The molecule has 0 aliphatic carbocycles. The molecule has 2 aliphatic rings. The first kappa shape index (κ1) is 19.0. The van der Waals surface area contributed by atoms with Crippen LogP contribution < -0.4 is 0 Å². The molecule has 1 spiro atoms. The summed E-state index contributed by atoms with van der Waals surface area (Å²) in [6.07, 6.45) is 5.77. The molecule has 0 bridgehead atoms. The van der Waals surface area contributed by atoms with Gasteiger partial charge in [0, 0.05) is 45.1 Å². The van der Waals surface area contributed by atoms with Crippen molar-refractivity contribution in [2.24, 2.45) is 0 Å². The second kappa shape index (κ2) is 8.37. The van der Waals surface area contributed by atoms with E-state index < -0.39 is 0 Å². The van der Waals surface area contributed by atoms with Gasteiger partial charge in [0.15, 0.2) is 0 Å². The smallest absolute Gasteiger partial charge is 0.225 e. The highest BCUT2D eigenvalue weighted by Gasteiger charge is 2.40. The van der Waals surface area contributed by atoms with Gasteiger partial charge in [0.25, 0.3) is 0 Å². The number of piperidine rings is 1. The van der Waals surface area contributed by atoms with Crippen LogP contribution in [0, 0.1) is 5.82 Å². The number of hydrogen-bond donors (Lipinski definition) is 0. The molecule has 1 amide bonds. The Bertz CT molecular complexity index is 806. The third-order valence-corrected chi connectivity index (χ3v) is 5.78. The van der Waals surface area contributed by atoms with E-state index in [1.165, 1.54) is 17.7 Å². The fourth-order valence-corrected chi connectivity index (χ4v) is 4.14. The highest BCUT2D eigenvalue weighted by molar-refractivity contribution is 5.77. The maximum absolute atomic E-state index is 13.4. The molecule has 0 atom stereocenters. The van der Waals surface area contributed by atoms with Gasteiger partial charge in [-0.15, -0.1) is 0 Å². The Morgan fingerprint density at radius 1 is 1.04 bits per heavy atom. The Morgan fingerprint density at radius 3 is 2.57 bits per heavy atom. The van der Waals surface area contributed by atoms with Gasteiger partial charge in [-0.05, 0) is 48.2 Å². The van der Waals surface area contributed by atoms with E-state index >= 15 is 0 Å². The fourth-order valence-electron chi connectivity index (χ4n) is 4.14. The van der Waals surface area contributed by atoms with Crippen LogP contribution in [0.5, 0.6) is 0 Å². The molecule has 1 aromatic carbocycles. The third-order valence-electron chi connectivity index (χ3n) is 5.78. The summed E-state index contributed by atoms with van der Waals surface area (Å²) in [5.74, 6) is -0.168. The Kier molecular flexibility index (Phi) is 5.69. The second-order valence-corrected chi connectivity index (χ2v) is 7.79. The molecule has 2 aromatic rings. The van der Waals surface area contributed by atoms with Crippen LogP contribution in [0.1, 0.15) is 30.4 Å². The van der Waals surface area contributed by atoms with Crippen LogP contribution in [0.25, 0.3) is 0 Å². The number of nitrogens with zero attached hydrogens (tertiary/aromatic N) is 3. The van der Waals surface area contributed by atoms with Crippen molar-refractivity contribution < 1.29 is 13.9 Å². The van der Waals surface area contributed by atoms with Crippen LogP contribution in [0.3, 0.4) is 0 Å². The van der Waals surface area contributed by atoms with Gasteiger partial charge in [0.2, 0.25) is 5.91 Å². The van der Waals surface area contributed by atoms with Crippen molar-refractivity contribution in [1.82, 2.24) is 14.8 Å². The molecule has 1 aromatic heterocycles. The predicted octanol–water partition coefficient (Wildman–Crippen LogP) is 3.00. The highest BCUT2D eigenvalue weighted by atomic mass is 19.1. The minimum absolute atomic E-state index is 0.101. The number of carbonyl (C=O) groups excluding carboxylic acids is 1. The SMILES string of the molecule is O=C1CC2(CCN(Cc3ccncc3)CC2)OCCN1Cc1cccc(F)c1. The van der Waals surface area contributed by atoms with Crippen LogP contribution in [0.4, 0.5) is 4.39 Å². The predicted molar refractivity (Wildman–Crippen MR) is 104 cm³/mol. The van der Waals surface area contributed by atoms with E-state index in [0.717, 1.165) is 38.0 Å². The van der Waals surface area contributed by atoms with Crippen molar-refractivity contribution in [1.29, 1.82) is 0 Å². The van der Waals surface area contributed by atoms with Gasteiger partial charge < -0.3 is 9.64 Å². The Hall–Kier alpha value is -2.31. The van der Waals surface area contributed by atoms with E-state index in [0.29, 0.717) is 26.1 Å². The topological polar surface area (TPSA) is 45.7 Å². The normalized spacial score (nSPS) is 20.3. The van der Waals surface area contributed by atoms with Gasteiger partial charge in [0.1, 0.15) is 5.82 Å². The van der Waals surface area contributed by atoms with Gasteiger partial charge in [-0.1, -0.05) is 12.1 Å². The minimum atomic E-state index is -0.359. The van der Waals surface area contributed by atoms with E-state index in [2.05, 4.69) is 9.88 Å². The van der Waals surface area contributed by atoms with Crippen molar-refractivity contribution in [2.45, 2.75) is 38.0 Å². The van der Waals surface area contributed by atoms with E-state index in [4.69, 9.17) is 4.74 Å². The molecule has 0 radical (unpaired) electrons. The van der Waals surface area contributed by atoms with Crippen LogP contribution in [-0.2, 0) is 22.6 Å². The van der Waals surface area contributed by atoms with Crippen LogP contribution >= 0.6 is 0 Å². The molecule has 0 unspecified atom stereocenters. The minimum Gasteiger partial charge on any atom is -0.373 e. The van der Waals surface area contributed by atoms with Gasteiger partial charge in [0.05, 0.1) is 18.6 Å². The average molecular weight is 383 g/mol. The number of amides is 1. The van der Waals surface area contributed by atoms with Crippen molar-refractivity contribution in [3.63, 3.8) is 0 Å². The number of aromatic nitrogens is 1. The molecule has 4 rings (SSSR count). The molecule has 2 aliphatic heterocycles. The number of ether oxygens (including phenoxy) is 1. The Balaban J connectivity index is 1.35. The van der Waals surface area contributed by atoms with Gasteiger partial charge in [-0.3, -0.25) is 14.7 Å². The lowest BCUT2D eigenvalue weighted by molar-refractivity contribution is -0.136. The lowest BCUT2D eigenvalue weighted by Gasteiger charge is -2.40. The number of halogens is 1. The zero-order valence-corrected chi connectivity index (χ0v) is 16.0. The van der Waals surface area contributed by atoms with E-state index in [-0.39, 0.29) is 17.3 Å². The molecule has 3 heterocycles. The maximum atomic E-state index is 13.4. The van der Waals surface area contributed by atoms with Crippen LogP contribution in [0.2, 0.25) is 0 Å². The summed E-state index contributed by atoms with van der Waals surface area (Å²) in [7, 11) is 0. The molecular formula is C22H26FN3O2. The summed E-state index contributed by atoms with van der Waals surface area (Å²) in [6.45, 7) is 4.25. The van der Waals surface area contributed by atoms with Gasteiger partial charge in [-0.25, -0.2) is 4.39 Å².